The Bertz CT molecular complexity index is 296. The third-order valence-electron chi connectivity index (χ3n) is 1.80. The predicted octanol–water partition coefficient (Wildman–Crippen LogP) is 2.42. The van der Waals surface area contributed by atoms with Gasteiger partial charge in [-0.3, -0.25) is 0 Å². The van der Waals surface area contributed by atoms with Crippen molar-refractivity contribution in [2.75, 3.05) is 6.54 Å². The molecule has 1 N–H and O–H groups in total. The lowest BCUT2D eigenvalue weighted by Crippen LogP contribution is -2.17. The summed E-state index contributed by atoms with van der Waals surface area (Å²) in [5.41, 5.74) is 0.708. The van der Waals surface area contributed by atoms with Gasteiger partial charge in [-0.25, -0.2) is 0 Å². The normalized spacial score (nSPS) is 12.0. The van der Waals surface area contributed by atoms with Crippen LogP contribution in [0.4, 0.5) is 13.2 Å². The van der Waals surface area contributed by atoms with Gasteiger partial charge in [-0.15, -0.1) is 0 Å². The number of halogens is 3. The molecule has 0 aliphatic heterocycles. The fourth-order valence-corrected chi connectivity index (χ4v) is 1.13. The first-order valence-electron chi connectivity index (χ1n) is 4.67. The quantitative estimate of drug-likeness (QED) is 0.777. The van der Waals surface area contributed by atoms with Crippen LogP contribution >= 0.6 is 0 Å². The van der Waals surface area contributed by atoms with Gasteiger partial charge in [0.15, 0.2) is 0 Å². The van der Waals surface area contributed by atoms with Gasteiger partial charge in [0.05, 0.1) is 5.69 Å². The fraction of sp³-hybridized carbons (Fsp3) is 0.667. The second kappa shape index (κ2) is 5.16. The van der Waals surface area contributed by atoms with E-state index in [9.17, 15) is 13.2 Å². The highest BCUT2D eigenvalue weighted by Gasteiger charge is 2.25. The molecule has 1 heterocycles. The molecular formula is C9H13F3N2O. The van der Waals surface area contributed by atoms with Gasteiger partial charge in [-0.1, -0.05) is 5.16 Å². The molecule has 1 aromatic rings. The van der Waals surface area contributed by atoms with E-state index in [2.05, 4.69) is 10.5 Å². The lowest BCUT2D eigenvalue weighted by molar-refractivity contribution is -0.135. The maximum atomic E-state index is 11.8. The Kier molecular flexibility index (Phi) is 4.14. The molecule has 0 saturated heterocycles. The van der Waals surface area contributed by atoms with Crippen LogP contribution in [0.5, 0.6) is 0 Å². The maximum absolute atomic E-state index is 11.8. The number of aromatic nitrogens is 1. The summed E-state index contributed by atoms with van der Waals surface area (Å²) < 4.78 is 40.1. The summed E-state index contributed by atoms with van der Waals surface area (Å²) in [5.74, 6) is 0.696. The number of alkyl halides is 3. The van der Waals surface area contributed by atoms with Crippen molar-refractivity contribution < 1.29 is 17.7 Å². The molecule has 86 valence electrons. The third-order valence-corrected chi connectivity index (χ3v) is 1.80. The summed E-state index contributed by atoms with van der Waals surface area (Å²) in [7, 11) is 0. The largest absolute Gasteiger partial charge is 0.389 e. The van der Waals surface area contributed by atoms with E-state index in [1.807, 2.05) is 0 Å². The summed E-state index contributed by atoms with van der Waals surface area (Å²) in [6.45, 7) is 2.53. The highest BCUT2D eigenvalue weighted by Crippen LogP contribution is 2.20. The molecule has 3 nitrogen and oxygen atoms in total. The molecule has 0 aromatic carbocycles. The average Bonchev–Trinajstić information content (AvgIpc) is 2.49. The maximum Gasteiger partial charge on any atom is 0.389 e. The molecule has 0 radical (unpaired) electrons. The van der Waals surface area contributed by atoms with Crippen LogP contribution in [0, 0.1) is 6.92 Å². The van der Waals surface area contributed by atoms with Crippen molar-refractivity contribution in [1.82, 2.24) is 10.5 Å². The highest BCUT2D eigenvalue weighted by atomic mass is 19.4. The van der Waals surface area contributed by atoms with Crippen LogP contribution in [0.2, 0.25) is 0 Å². The van der Waals surface area contributed by atoms with Gasteiger partial charge in [0.2, 0.25) is 0 Å². The Morgan fingerprint density at radius 1 is 1.47 bits per heavy atom. The minimum Gasteiger partial charge on any atom is -0.361 e. The zero-order chi connectivity index (χ0) is 11.3. The van der Waals surface area contributed by atoms with Gasteiger partial charge in [0.1, 0.15) is 5.76 Å². The van der Waals surface area contributed by atoms with Crippen molar-refractivity contribution in [3.63, 3.8) is 0 Å². The van der Waals surface area contributed by atoms with E-state index >= 15 is 0 Å². The lowest BCUT2D eigenvalue weighted by atomic mass is 10.3. The van der Waals surface area contributed by atoms with Crippen molar-refractivity contribution in [3.05, 3.63) is 17.5 Å². The summed E-state index contributed by atoms with van der Waals surface area (Å²) in [5, 5.41) is 6.57. The zero-order valence-electron chi connectivity index (χ0n) is 8.40. The zero-order valence-corrected chi connectivity index (χ0v) is 8.40. The highest BCUT2D eigenvalue weighted by molar-refractivity contribution is 5.02. The molecular weight excluding hydrogens is 209 g/mol. The van der Waals surface area contributed by atoms with Crippen LogP contribution in [0.1, 0.15) is 24.3 Å². The molecule has 15 heavy (non-hydrogen) atoms. The molecule has 0 saturated carbocycles. The van der Waals surface area contributed by atoms with Crippen LogP contribution < -0.4 is 5.32 Å². The molecule has 0 fully saturated rings. The standard InChI is InChI=1S/C9H13F3N2O/c1-7-5-8(14-15-7)6-13-4-2-3-9(10,11)12/h5,13H,2-4,6H2,1H3. The Morgan fingerprint density at radius 3 is 2.73 bits per heavy atom. The minimum atomic E-state index is -4.06. The summed E-state index contributed by atoms with van der Waals surface area (Å²) in [6.07, 6.45) is -4.73. The van der Waals surface area contributed by atoms with Crippen molar-refractivity contribution in [2.45, 2.75) is 32.5 Å². The first-order valence-corrected chi connectivity index (χ1v) is 4.67. The van der Waals surface area contributed by atoms with E-state index in [0.29, 0.717) is 24.5 Å². The van der Waals surface area contributed by atoms with Crippen molar-refractivity contribution in [1.29, 1.82) is 0 Å². The number of rotatable bonds is 5. The monoisotopic (exact) mass is 222 g/mol. The van der Waals surface area contributed by atoms with Gasteiger partial charge in [-0.05, 0) is 19.9 Å². The number of nitrogens with one attached hydrogen (secondary N) is 1. The second-order valence-electron chi connectivity index (χ2n) is 3.32. The Morgan fingerprint density at radius 2 is 2.20 bits per heavy atom. The van der Waals surface area contributed by atoms with E-state index in [0.717, 1.165) is 0 Å². The number of aryl methyl sites for hydroxylation is 1. The van der Waals surface area contributed by atoms with E-state index in [1.54, 1.807) is 13.0 Å². The molecule has 0 unspecified atom stereocenters. The van der Waals surface area contributed by atoms with Crippen LogP contribution in [-0.4, -0.2) is 17.9 Å². The van der Waals surface area contributed by atoms with Crippen molar-refractivity contribution >= 4 is 0 Å². The molecule has 0 atom stereocenters. The first kappa shape index (κ1) is 12.0. The molecule has 0 aliphatic rings. The summed E-state index contributed by atoms with van der Waals surface area (Å²) in [4.78, 5) is 0. The molecule has 0 spiro atoms. The van der Waals surface area contributed by atoms with Crippen LogP contribution in [0.15, 0.2) is 10.6 Å². The topological polar surface area (TPSA) is 38.1 Å². The van der Waals surface area contributed by atoms with E-state index in [-0.39, 0.29) is 6.42 Å². The van der Waals surface area contributed by atoms with Crippen LogP contribution in [0.3, 0.4) is 0 Å². The molecule has 1 rings (SSSR count). The second-order valence-corrected chi connectivity index (χ2v) is 3.32. The third kappa shape index (κ3) is 5.41. The number of nitrogens with zero attached hydrogens (tertiary/aromatic N) is 1. The van der Waals surface area contributed by atoms with Gasteiger partial charge in [0.25, 0.3) is 0 Å². The van der Waals surface area contributed by atoms with E-state index in [1.165, 1.54) is 0 Å². The number of hydrogen-bond donors (Lipinski definition) is 1. The Labute approximate surface area is 85.6 Å². The Hall–Kier alpha value is -1.04. The van der Waals surface area contributed by atoms with Gasteiger partial charge in [-0.2, -0.15) is 13.2 Å². The molecule has 0 bridgehead atoms. The smallest absolute Gasteiger partial charge is 0.361 e. The van der Waals surface area contributed by atoms with E-state index < -0.39 is 12.6 Å². The SMILES string of the molecule is Cc1cc(CNCCCC(F)(F)F)no1. The average molecular weight is 222 g/mol. The minimum absolute atomic E-state index is 0.0837. The summed E-state index contributed by atoms with van der Waals surface area (Å²) >= 11 is 0. The van der Waals surface area contributed by atoms with E-state index in [4.69, 9.17) is 4.52 Å². The first-order chi connectivity index (χ1) is 6.97. The Balaban J connectivity index is 2.07. The number of hydrogen-bond acceptors (Lipinski definition) is 3. The van der Waals surface area contributed by atoms with Crippen molar-refractivity contribution in [2.24, 2.45) is 0 Å². The molecule has 1 aromatic heterocycles. The summed E-state index contributed by atoms with van der Waals surface area (Å²) in [6, 6.07) is 1.75. The van der Waals surface area contributed by atoms with Crippen LogP contribution in [-0.2, 0) is 6.54 Å². The van der Waals surface area contributed by atoms with Crippen molar-refractivity contribution in [3.8, 4) is 0 Å². The van der Waals surface area contributed by atoms with Gasteiger partial charge >= 0.3 is 6.18 Å². The lowest BCUT2D eigenvalue weighted by Gasteiger charge is -2.05. The molecule has 6 heteroatoms. The molecule has 0 aliphatic carbocycles. The molecule has 0 amide bonds. The fourth-order valence-electron chi connectivity index (χ4n) is 1.13. The van der Waals surface area contributed by atoms with Crippen LogP contribution in [0.25, 0.3) is 0 Å². The predicted molar refractivity (Wildman–Crippen MR) is 48.2 cm³/mol. The van der Waals surface area contributed by atoms with Gasteiger partial charge in [0, 0.05) is 19.0 Å². The van der Waals surface area contributed by atoms with Gasteiger partial charge < -0.3 is 9.84 Å².